The van der Waals surface area contributed by atoms with Crippen molar-refractivity contribution >= 4 is 57.7 Å². The highest BCUT2D eigenvalue weighted by molar-refractivity contribution is 8.00. The first-order valence-corrected chi connectivity index (χ1v) is 16.5. The van der Waals surface area contributed by atoms with Crippen molar-refractivity contribution in [3.05, 3.63) is 119 Å². The van der Waals surface area contributed by atoms with E-state index in [2.05, 4.69) is 20.9 Å². The smallest absolute Gasteiger partial charge is 0.272 e. The van der Waals surface area contributed by atoms with Gasteiger partial charge in [-0.15, -0.1) is 23.1 Å². The maximum Gasteiger partial charge on any atom is 0.272 e. The molecule has 3 N–H and O–H groups in total. The van der Waals surface area contributed by atoms with E-state index in [0.29, 0.717) is 44.9 Å². The molecule has 3 amide bonds. The molecule has 0 aliphatic rings. The van der Waals surface area contributed by atoms with E-state index in [1.54, 1.807) is 100 Å². The lowest BCUT2D eigenvalue weighted by molar-refractivity contribution is -0.114. The molecule has 0 saturated carbocycles. The predicted molar refractivity (Wildman–Crippen MR) is 190 cm³/mol. The molecule has 0 aliphatic heterocycles. The number of nitrogens with zero attached hydrogens (tertiary/aromatic N) is 1. The fourth-order valence-electron chi connectivity index (χ4n) is 4.47. The number of thiazole rings is 1. The van der Waals surface area contributed by atoms with Crippen molar-refractivity contribution in [2.45, 2.75) is 4.90 Å². The van der Waals surface area contributed by atoms with Crippen LogP contribution in [-0.4, -0.2) is 49.8 Å². The summed E-state index contributed by atoms with van der Waals surface area (Å²) in [6, 6.07) is 28.4. The summed E-state index contributed by atoms with van der Waals surface area (Å²) in [4.78, 5) is 44.5. The molecule has 244 valence electrons. The van der Waals surface area contributed by atoms with Crippen LogP contribution in [0.2, 0.25) is 0 Å². The largest absolute Gasteiger partial charge is 0.497 e. The summed E-state index contributed by atoms with van der Waals surface area (Å²) in [5.41, 5.74) is 3.15. The number of thioether (sulfide) groups is 1. The Morgan fingerprint density at radius 2 is 1.60 bits per heavy atom. The van der Waals surface area contributed by atoms with Crippen LogP contribution in [0.25, 0.3) is 17.3 Å². The Balaban J connectivity index is 1.22. The second-order valence-corrected chi connectivity index (χ2v) is 12.0. The number of benzene rings is 4. The van der Waals surface area contributed by atoms with Gasteiger partial charge in [-0.2, -0.15) is 0 Å². The first-order valence-electron chi connectivity index (χ1n) is 14.6. The zero-order valence-corrected chi connectivity index (χ0v) is 27.9. The highest BCUT2D eigenvalue weighted by atomic mass is 32.2. The molecule has 4 aromatic carbocycles. The summed E-state index contributed by atoms with van der Waals surface area (Å²) in [5.74, 6) is 0.767. The number of carbonyl (C=O) groups is 3. The quantitative estimate of drug-likeness (QED) is 0.0899. The summed E-state index contributed by atoms with van der Waals surface area (Å²) >= 11 is 2.63. The molecule has 0 unspecified atom stereocenters. The molecule has 0 aliphatic carbocycles. The van der Waals surface area contributed by atoms with Gasteiger partial charge in [0.05, 0.1) is 32.8 Å². The number of anilines is 2. The highest BCUT2D eigenvalue weighted by Crippen LogP contribution is 2.33. The number of aromatic nitrogens is 1. The second kappa shape index (κ2) is 16.3. The lowest BCUT2D eigenvalue weighted by atomic mass is 10.1. The Kier molecular flexibility index (Phi) is 11.5. The molecular weight excluding hydrogens is 649 g/mol. The lowest BCUT2D eigenvalue weighted by Gasteiger charge is -2.12. The van der Waals surface area contributed by atoms with E-state index in [9.17, 15) is 14.4 Å². The number of nitrogens with one attached hydrogen (secondary N) is 3. The molecule has 1 heterocycles. The van der Waals surface area contributed by atoms with Crippen LogP contribution in [0.4, 0.5) is 10.8 Å². The lowest BCUT2D eigenvalue weighted by Crippen LogP contribution is -2.30. The zero-order chi connectivity index (χ0) is 33.9. The Morgan fingerprint density at radius 3 is 2.38 bits per heavy atom. The third-order valence-corrected chi connectivity index (χ3v) is 8.58. The van der Waals surface area contributed by atoms with Gasteiger partial charge in [-0.3, -0.25) is 14.4 Å². The Morgan fingerprint density at radius 1 is 0.812 bits per heavy atom. The van der Waals surface area contributed by atoms with E-state index < -0.39 is 11.8 Å². The van der Waals surface area contributed by atoms with Gasteiger partial charge >= 0.3 is 0 Å². The molecule has 1 aromatic heterocycles. The Labute approximate surface area is 286 Å². The maximum absolute atomic E-state index is 13.5. The average molecular weight is 681 g/mol. The SMILES string of the molecule is COc1cccc(/C=C(\NC(=O)c2ccccc2)C(=O)Nc2cccc(SCC(=O)Nc3nc(-c4ccc(OC)c(OC)c4)cs3)c2)c1. The predicted octanol–water partition coefficient (Wildman–Crippen LogP) is 6.98. The fraction of sp³-hybridized carbons (Fsp3) is 0.111. The van der Waals surface area contributed by atoms with Crippen molar-refractivity contribution in [2.75, 3.05) is 37.7 Å². The molecule has 12 heteroatoms. The van der Waals surface area contributed by atoms with Gasteiger partial charge in [0.2, 0.25) is 5.91 Å². The van der Waals surface area contributed by atoms with E-state index >= 15 is 0 Å². The van der Waals surface area contributed by atoms with Gasteiger partial charge in [0.1, 0.15) is 11.4 Å². The summed E-state index contributed by atoms with van der Waals surface area (Å²) < 4.78 is 16.0. The van der Waals surface area contributed by atoms with Crippen LogP contribution in [0.15, 0.2) is 113 Å². The first kappa shape index (κ1) is 33.8. The van der Waals surface area contributed by atoms with E-state index in [-0.39, 0.29) is 17.4 Å². The monoisotopic (exact) mass is 680 g/mol. The van der Waals surface area contributed by atoms with Crippen LogP contribution < -0.4 is 30.2 Å². The Bertz CT molecular complexity index is 1940. The number of carbonyl (C=O) groups excluding carboxylic acids is 3. The molecule has 5 aromatic rings. The minimum Gasteiger partial charge on any atom is -0.497 e. The fourth-order valence-corrected chi connectivity index (χ4v) is 5.96. The second-order valence-electron chi connectivity index (χ2n) is 10.1. The first-order chi connectivity index (χ1) is 23.3. The van der Waals surface area contributed by atoms with Gasteiger partial charge in [0.25, 0.3) is 11.8 Å². The van der Waals surface area contributed by atoms with Crippen LogP contribution in [0.3, 0.4) is 0 Å². The average Bonchev–Trinajstić information content (AvgIpc) is 3.59. The molecular formula is C36H32N4O6S2. The topological polar surface area (TPSA) is 128 Å². The van der Waals surface area contributed by atoms with Gasteiger partial charge in [-0.1, -0.05) is 36.4 Å². The molecule has 0 saturated heterocycles. The summed E-state index contributed by atoms with van der Waals surface area (Å²) in [6.07, 6.45) is 1.58. The van der Waals surface area contributed by atoms with E-state index in [1.165, 1.54) is 23.1 Å². The van der Waals surface area contributed by atoms with Crippen LogP contribution in [0, 0.1) is 0 Å². The van der Waals surface area contributed by atoms with E-state index in [4.69, 9.17) is 14.2 Å². The number of amides is 3. The molecule has 0 bridgehead atoms. The molecule has 0 spiro atoms. The van der Waals surface area contributed by atoms with Crippen LogP contribution in [0.5, 0.6) is 17.2 Å². The van der Waals surface area contributed by atoms with Crippen molar-refractivity contribution in [3.8, 4) is 28.5 Å². The van der Waals surface area contributed by atoms with Crippen molar-refractivity contribution in [1.29, 1.82) is 0 Å². The van der Waals surface area contributed by atoms with Crippen LogP contribution >= 0.6 is 23.1 Å². The van der Waals surface area contributed by atoms with Crippen LogP contribution in [0.1, 0.15) is 15.9 Å². The molecule has 5 rings (SSSR count). The number of ether oxygens (including phenoxy) is 3. The highest BCUT2D eigenvalue weighted by Gasteiger charge is 2.16. The van der Waals surface area contributed by atoms with Gasteiger partial charge in [-0.05, 0) is 72.3 Å². The molecule has 48 heavy (non-hydrogen) atoms. The minimum absolute atomic E-state index is 0.0467. The molecule has 0 atom stereocenters. The number of hydrogen-bond acceptors (Lipinski definition) is 9. The van der Waals surface area contributed by atoms with Crippen LogP contribution in [-0.2, 0) is 9.59 Å². The summed E-state index contributed by atoms with van der Waals surface area (Å²) in [5, 5.41) is 10.8. The van der Waals surface area contributed by atoms with Gasteiger partial charge in [0, 0.05) is 27.1 Å². The van der Waals surface area contributed by atoms with Crippen molar-refractivity contribution < 1.29 is 28.6 Å². The van der Waals surface area contributed by atoms with Gasteiger partial charge in [0.15, 0.2) is 16.6 Å². The molecule has 10 nitrogen and oxygen atoms in total. The number of rotatable bonds is 13. The maximum atomic E-state index is 13.5. The van der Waals surface area contributed by atoms with E-state index in [1.807, 2.05) is 29.6 Å². The van der Waals surface area contributed by atoms with Crippen molar-refractivity contribution in [2.24, 2.45) is 0 Å². The van der Waals surface area contributed by atoms with Crippen molar-refractivity contribution in [1.82, 2.24) is 10.3 Å². The minimum atomic E-state index is -0.518. The molecule has 0 radical (unpaired) electrons. The van der Waals surface area contributed by atoms with Gasteiger partial charge < -0.3 is 30.2 Å². The summed E-state index contributed by atoms with van der Waals surface area (Å²) in [6.45, 7) is 0. The van der Waals surface area contributed by atoms with E-state index in [0.717, 1.165) is 10.5 Å². The Hall–Kier alpha value is -5.59. The van der Waals surface area contributed by atoms with Crippen molar-refractivity contribution in [3.63, 3.8) is 0 Å². The molecule has 0 fully saturated rings. The third-order valence-electron chi connectivity index (χ3n) is 6.83. The summed E-state index contributed by atoms with van der Waals surface area (Å²) in [7, 11) is 4.70. The number of hydrogen-bond donors (Lipinski definition) is 3. The zero-order valence-electron chi connectivity index (χ0n) is 26.3. The number of methoxy groups -OCH3 is 3. The normalized spacial score (nSPS) is 10.9. The third kappa shape index (κ3) is 9.02. The van der Waals surface area contributed by atoms with Gasteiger partial charge in [-0.25, -0.2) is 4.98 Å². The standard InChI is InChI=1S/C36H32N4O6S2/c1-44-27-13-7-9-23(17-27)18-29(38-34(42)24-10-5-4-6-11-24)35(43)37-26-12-8-14-28(20-26)47-22-33(41)40-36-39-30(21-48-36)25-15-16-31(45-2)32(19-25)46-3/h4-21H,22H2,1-3H3,(H,37,43)(H,38,42)(H,39,40,41)/b29-18-.